The minimum Gasteiger partial charge on any atom is -0.352 e. The van der Waals surface area contributed by atoms with Crippen LogP contribution < -0.4 is 0 Å². The first-order valence-corrected chi connectivity index (χ1v) is 13.6. The Labute approximate surface area is 194 Å². The number of nitrogens with zero attached hydrogens (tertiary/aromatic N) is 2. The lowest BCUT2D eigenvalue weighted by molar-refractivity contribution is 0.150. The third kappa shape index (κ3) is 10.6. The molecule has 0 amide bonds. The van der Waals surface area contributed by atoms with Crippen molar-refractivity contribution < 1.29 is 0 Å². The molecule has 1 atom stereocenters. The predicted molar refractivity (Wildman–Crippen MR) is 137 cm³/mol. The number of rotatable bonds is 19. The molecule has 0 aromatic heterocycles. The van der Waals surface area contributed by atoms with E-state index in [1.54, 1.807) is 0 Å². The second kappa shape index (κ2) is 17.2. The molecule has 2 rings (SSSR count). The Balaban J connectivity index is 1.53. The Bertz CT molecular complexity index is 553. The second-order valence-corrected chi connectivity index (χ2v) is 9.51. The summed E-state index contributed by atoms with van der Waals surface area (Å²) >= 11 is 0. The smallest absolute Gasteiger partial charge is 0.127 e. The lowest BCUT2D eigenvalue weighted by atomic mass is 10.0. The number of hydrogen-bond acceptors (Lipinski definition) is 2. The van der Waals surface area contributed by atoms with Crippen LogP contribution in [0.1, 0.15) is 128 Å². The van der Waals surface area contributed by atoms with Crippen LogP contribution in [-0.2, 0) is 0 Å². The van der Waals surface area contributed by atoms with Crippen molar-refractivity contribution in [3.63, 3.8) is 0 Å². The van der Waals surface area contributed by atoms with Crippen molar-refractivity contribution in [2.75, 3.05) is 13.1 Å². The molecule has 2 heteroatoms. The van der Waals surface area contributed by atoms with Crippen LogP contribution in [-0.4, -0.2) is 22.9 Å². The molecule has 1 aromatic rings. The molecule has 1 aliphatic rings. The molecule has 2 nitrogen and oxygen atoms in total. The summed E-state index contributed by atoms with van der Waals surface area (Å²) in [6, 6.07) is 11.1. The Morgan fingerprint density at radius 1 is 0.516 bits per heavy atom. The van der Waals surface area contributed by atoms with E-state index in [0.29, 0.717) is 6.17 Å². The van der Waals surface area contributed by atoms with E-state index < -0.39 is 0 Å². The van der Waals surface area contributed by atoms with Gasteiger partial charge in [-0.1, -0.05) is 134 Å². The molecule has 1 aliphatic heterocycles. The Hall–Kier alpha value is -1.44. The normalized spacial score (nSPS) is 15.9. The van der Waals surface area contributed by atoms with Crippen LogP contribution >= 0.6 is 0 Å². The van der Waals surface area contributed by atoms with Gasteiger partial charge < -0.3 is 9.80 Å². The van der Waals surface area contributed by atoms with Gasteiger partial charge in [-0.25, -0.2) is 0 Å². The van der Waals surface area contributed by atoms with Gasteiger partial charge in [0.15, 0.2) is 0 Å². The first-order chi connectivity index (χ1) is 15.4. The molecule has 0 spiro atoms. The first kappa shape index (κ1) is 25.8. The van der Waals surface area contributed by atoms with Gasteiger partial charge in [0.25, 0.3) is 0 Å². The highest BCUT2D eigenvalue weighted by atomic mass is 15.4. The fourth-order valence-corrected chi connectivity index (χ4v) is 4.76. The SMILES string of the molecule is CCCCCCCCCCCCCCCCN1C=CN(CCCC)C1c1ccccc1. The zero-order chi connectivity index (χ0) is 22.0. The van der Waals surface area contributed by atoms with Crippen LogP contribution in [0, 0.1) is 0 Å². The van der Waals surface area contributed by atoms with Crippen LogP contribution in [0.25, 0.3) is 0 Å². The number of unbranched alkanes of at least 4 members (excludes halogenated alkanes) is 14. The van der Waals surface area contributed by atoms with Crippen LogP contribution in [0.4, 0.5) is 0 Å². The fraction of sp³-hybridized carbons (Fsp3) is 0.724. The number of hydrogen-bond donors (Lipinski definition) is 0. The topological polar surface area (TPSA) is 6.48 Å². The molecule has 1 aromatic carbocycles. The summed E-state index contributed by atoms with van der Waals surface area (Å²) in [5.74, 6) is 0. The van der Waals surface area contributed by atoms with Gasteiger partial charge in [-0.15, -0.1) is 0 Å². The third-order valence-corrected chi connectivity index (χ3v) is 6.72. The van der Waals surface area contributed by atoms with Crippen molar-refractivity contribution in [2.24, 2.45) is 0 Å². The lowest BCUT2D eigenvalue weighted by Crippen LogP contribution is -2.32. The van der Waals surface area contributed by atoms with Crippen molar-refractivity contribution in [3.05, 3.63) is 48.3 Å². The lowest BCUT2D eigenvalue weighted by Gasteiger charge is -2.33. The first-order valence-electron chi connectivity index (χ1n) is 13.6. The van der Waals surface area contributed by atoms with Crippen LogP contribution in [0.3, 0.4) is 0 Å². The molecule has 0 radical (unpaired) electrons. The molecule has 31 heavy (non-hydrogen) atoms. The summed E-state index contributed by atoms with van der Waals surface area (Å²) in [7, 11) is 0. The van der Waals surface area contributed by atoms with E-state index in [1.165, 1.54) is 115 Å². The summed E-state index contributed by atoms with van der Waals surface area (Å²) in [5.41, 5.74) is 1.42. The molecule has 0 bridgehead atoms. The Morgan fingerprint density at radius 2 is 0.935 bits per heavy atom. The summed E-state index contributed by atoms with van der Waals surface area (Å²) in [5, 5.41) is 0. The molecule has 1 unspecified atom stereocenters. The minimum atomic E-state index is 0.398. The van der Waals surface area contributed by atoms with Gasteiger partial charge in [0, 0.05) is 25.5 Å². The maximum atomic E-state index is 2.56. The zero-order valence-electron chi connectivity index (χ0n) is 20.7. The molecule has 176 valence electrons. The van der Waals surface area contributed by atoms with E-state index in [2.05, 4.69) is 66.4 Å². The van der Waals surface area contributed by atoms with Gasteiger partial charge in [-0.2, -0.15) is 0 Å². The van der Waals surface area contributed by atoms with Crippen LogP contribution in [0.15, 0.2) is 42.7 Å². The monoisotopic (exact) mass is 426 g/mol. The molecule has 0 N–H and O–H groups in total. The highest BCUT2D eigenvalue weighted by molar-refractivity contribution is 5.21. The molecule has 0 saturated heterocycles. The highest BCUT2D eigenvalue weighted by Gasteiger charge is 2.26. The third-order valence-electron chi connectivity index (χ3n) is 6.72. The van der Waals surface area contributed by atoms with E-state index in [4.69, 9.17) is 0 Å². The van der Waals surface area contributed by atoms with Crippen molar-refractivity contribution in [2.45, 2.75) is 123 Å². The summed E-state index contributed by atoms with van der Waals surface area (Å²) < 4.78 is 0. The molecule has 0 aliphatic carbocycles. The molecular weight excluding hydrogens is 376 g/mol. The maximum Gasteiger partial charge on any atom is 0.127 e. The van der Waals surface area contributed by atoms with E-state index in [1.807, 2.05) is 0 Å². The van der Waals surface area contributed by atoms with Gasteiger partial charge in [-0.3, -0.25) is 0 Å². The molecule has 0 fully saturated rings. The Kier molecular flexibility index (Phi) is 14.3. The molecule has 1 heterocycles. The average Bonchev–Trinajstić information content (AvgIpc) is 3.21. The highest BCUT2D eigenvalue weighted by Crippen LogP contribution is 2.31. The van der Waals surface area contributed by atoms with E-state index in [-0.39, 0.29) is 0 Å². The van der Waals surface area contributed by atoms with Crippen LogP contribution in [0.5, 0.6) is 0 Å². The maximum absolute atomic E-state index is 2.56. The number of benzene rings is 1. The standard InChI is InChI=1S/C29H50N2/c1-3-5-7-8-9-10-11-12-13-14-15-16-17-21-25-31-27-26-30(24-6-4-2)29(31)28-22-19-18-20-23-28/h18-20,22-23,26-27,29H,3-17,21,24-25H2,1-2H3. The quantitative estimate of drug-likeness (QED) is 0.203. The Morgan fingerprint density at radius 3 is 1.42 bits per heavy atom. The average molecular weight is 427 g/mol. The van der Waals surface area contributed by atoms with Gasteiger partial charge in [0.05, 0.1) is 0 Å². The summed E-state index contributed by atoms with van der Waals surface area (Å²) in [4.78, 5) is 5.09. The zero-order valence-corrected chi connectivity index (χ0v) is 20.7. The van der Waals surface area contributed by atoms with E-state index in [9.17, 15) is 0 Å². The minimum absolute atomic E-state index is 0.398. The summed E-state index contributed by atoms with van der Waals surface area (Å²) in [6.07, 6.45) is 27.5. The van der Waals surface area contributed by atoms with Crippen molar-refractivity contribution in [3.8, 4) is 0 Å². The van der Waals surface area contributed by atoms with Crippen molar-refractivity contribution in [1.29, 1.82) is 0 Å². The van der Waals surface area contributed by atoms with Crippen molar-refractivity contribution >= 4 is 0 Å². The molecular formula is C29H50N2. The predicted octanol–water partition coefficient (Wildman–Crippen LogP) is 9.06. The van der Waals surface area contributed by atoms with E-state index >= 15 is 0 Å². The second-order valence-electron chi connectivity index (χ2n) is 9.51. The van der Waals surface area contributed by atoms with E-state index in [0.717, 1.165) is 6.54 Å². The fourth-order valence-electron chi connectivity index (χ4n) is 4.76. The van der Waals surface area contributed by atoms with Crippen LogP contribution in [0.2, 0.25) is 0 Å². The largest absolute Gasteiger partial charge is 0.352 e. The van der Waals surface area contributed by atoms with Crippen molar-refractivity contribution in [1.82, 2.24) is 9.80 Å². The van der Waals surface area contributed by atoms with Gasteiger partial charge in [0.1, 0.15) is 6.17 Å². The van der Waals surface area contributed by atoms with Gasteiger partial charge >= 0.3 is 0 Å². The van der Waals surface area contributed by atoms with Gasteiger partial charge in [0.2, 0.25) is 0 Å². The van der Waals surface area contributed by atoms with Gasteiger partial charge in [-0.05, 0) is 18.4 Å². The summed E-state index contributed by atoms with van der Waals surface area (Å²) in [6.45, 7) is 6.91. The molecule has 0 saturated carbocycles.